The van der Waals surface area contributed by atoms with Crippen molar-refractivity contribution in [3.63, 3.8) is 0 Å². The van der Waals surface area contributed by atoms with Crippen LogP contribution in [0.25, 0.3) is 22.6 Å². The highest BCUT2D eigenvalue weighted by Crippen LogP contribution is 2.31. The monoisotopic (exact) mass is 472 g/mol. The van der Waals surface area contributed by atoms with E-state index in [1.807, 2.05) is 34.9 Å². The molecular weight excluding hydrogens is 448 g/mol. The van der Waals surface area contributed by atoms with Crippen LogP contribution in [0.2, 0.25) is 0 Å². The summed E-state index contributed by atoms with van der Waals surface area (Å²) in [6, 6.07) is 12.9. The smallest absolute Gasteiger partial charge is 0.261 e. The highest BCUT2D eigenvalue weighted by molar-refractivity contribution is 6.09. The van der Waals surface area contributed by atoms with Gasteiger partial charge in [0.25, 0.3) is 5.91 Å². The van der Waals surface area contributed by atoms with E-state index >= 15 is 0 Å². The minimum atomic E-state index is -0.374. The summed E-state index contributed by atoms with van der Waals surface area (Å²) in [5.74, 6) is 1.13. The molecule has 1 aliphatic rings. The number of carbonyl (C=O) groups excluding carboxylic acids is 2. The molecule has 1 aromatic carbocycles. The molecule has 0 aliphatic carbocycles. The van der Waals surface area contributed by atoms with E-state index in [1.165, 1.54) is 7.11 Å². The highest BCUT2D eigenvalue weighted by atomic mass is 16.5. The first-order chi connectivity index (χ1) is 17.0. The summed E-state index contributed by atoms with van der Waals surface area (Å²) in [6.45, 7) is 4.95. The van der Waals surface area contributed by atoms with Gasteiger partial charge in [0.1, 0.15) is 28.5 Å². The largest absolute Gasteiger partial charge is 0.479 e. The predicted octanol–water partition coefficient (Wildman–Crippen LogP) is 3.53. The van der Waals surface area contributed by atoms with Crippen LogP contribution in [0, 0.1) is 6.92 Å². The Kier molecular flexibility index (Phi) is 5.77. The van der Waals surface area contributed by atoms with Gasteiger partial charge in [-0.2, -0.15) is 0 Å². The lowest BCUT2D eigenvalue weighted by Gasteiger charge is -2.27. The van der Waals surface area contributed by atoms with Crippen LogP contribution in [0.3, 0.4) is 0 Å². The Bertz CT molecular complexity index is 1410. The fourth-order valence-corrected chi connectivity index (χ4v) is 4.18. The van der Waals surface area contributed by atoms with Crippen LogP contribution in [-0.4, -0.2) is 50.1 Å². The third-order valence-electron chi connectivity index (χ3n) is 6.01. The Hall–Kier alpha value is -4.47. The Balaban J connectivity index is 1.42. The van der Waals surface area contributed by atoms with Crippen molar-refractivity contribution in [2.45, 2.75) is 26.9 Å². The molecule has 0 bridgehead atoms. The zero-order valence-electron chi connectivity index (χ0n) is 19.6. The number of benzene rings is 1. The van der Waals surface area contributed by atoms with Crippen LogP contribution in [0.5, 0.6) is 5.88 Å². The van der Waals surface area contributed by atoms with E-state index in [4.69, 9.17) is 9.26 Å². The van der Waals surface area contributed by atoms with Crippen molar-refractivity contribution < 1.29 is 18.8 Å². The number of hydrogen-bond acceptors (Lipinski definition) is 7. The molecule has 2 amide bonds. The summed E-state index contributed by atoms with van der Waals surface area (Å²) in [6.07, 6.45) is 1.74. The van der Waals surface area contributed by atoms with Gasteiger partial charge in [-0.25, -0.2) is 9.97 Å². The number of aromatic nitrogens is 4. The van der Waals surface area contributed by atoms with Crippen LogP contribution in [0.15, 0.2) is 53.2 Å². The van der Waals surface area contributed by atoms with Crippen molar-refractivity contribution in [3.05, 3.63) is 65.8 Å². The zero-order valence-corrected chi connectivity index (χ0v) is 19.6. The second kappa shape index (κ2) is 9.05. The van der Waals surface area contributed by atoms with Gasteiger partial charge in [-0.05, 0) is 19.1 Å². The first kappa shape index (κ1) is 22.3. The molecule has 4 heterocycles. The number of carbonyl (C=O) groups is 2. The van der Waals surface area contributed by atoms with Gasteiger partial charge in [-0.15, -0.1) is 0 Å². The summed E-state index contributed by atoms with van der Waals surface area (Å²) < 4.78 is 12.9. The van der Waals surface area contributed by atoms with Gasteiger partial charge < -0.3 is 24.0 Å². The number of nitrogens with one attached hydrogen (secondary N) is 1. The van der Waals surface area contributed by atoms with Crippen LogP contribution in [-0.2, 0) is 17.9 Å². The molecule has 4 aromatic rings. The van der Waals surface area contributed by atoms with Gasteiger partial charge in [-0.1, -0.05) is 35.5 Å². The van der Waals surface area contributed by atoms with Crippen molar-refractivity contribution in [2.24, 2.45) is 0 Å². The first-order valence-electron chi connectivity index (χ1n) is 11.1. The van der Waals surface area contributed by atoms with Crippen LogP contribution >= 0.6 is 0 Å². The maximum absolute atomic E-state index is 13.2. The maximum atomic E-state index is 13.2. The van der Waals surface area contributed by atoms with Crippen LogP contribution in [0.4, 0.5) is 5.69 Å². The second-order valence-electron chi connectivity index (χ2n) is 8.19. The van der Waals surface area contributed by atoms with Crippen molar-refractivity contribution in [3.8, 4) is 28.5 Å². The van der Waals surface area contributed by atoms with Gasteiger partial charge in [-0.3, -0.25) is 9.59 Å². The van der Waals surface area contributed by atoms with E-state index in [0.717, 1.165) is 17.1 Å². The average molecular weight is 473 g/mol. The number of methoxy groups -OCH3 is 1. The highest BCUT2D eigenvalue weighted by Gasteiger charge is 2.25. The first-order valence-corrected chi connectivity index (χ1v) is 11.1. The second-order valence-corrected chi connectivity index (χ2v) is 8.19. The van der Waals surface area contributed by atoms with Crippen LogP contribution < -0.4 is 10.1 Å². The molecule has 3 aromatic heterocycles. The summed E-state index contributed by atoms with van der Waals surface area (Å²) in [4.78, 5) is 35.8. The van der Waals surface area contributed by atoms with E-state index in [9.17, 15) is 9.59 Å². The van der Waals surface area contributed by atoms with E-state index in [-0.39, 0.29) is 17.7 Å². The van der Waals surface area contributed by atoms with Gasteiger partial charge in [0, 0.05) is 25.6 Å². The fraction of sp³-hybridized carbons (Fsp3) is 0.240. The number of ether oxygens (including phenoxy) is 1. The summed E-state index contributed by atoms with van der Waals surface area (Å²) in [7, 11) is 1.50. The van der Waals surface area contributed by atoms with Crippen molar-refractivity contribution in [1.29, 1.82) is 0 Å². The lowest BCUT2D eigenvalue weighted by molar-refractivity contribution is -0.130. The lowest BCUT2D eigenvalue weighted by atomic mass is 10.1. The molecule has 0 spiro atoms. The molecule has 0 fully saturated rings. The molecule has 178 valence electrons. The number of amides is 2. The molecule has 10 heteroatoms. The third-order valence-corrected chi connectivity index (χ3v) is 6.01. The van der Waals surface area contributed by atoms with E-state index in [0.29, 0.717) is 48.0 Å². The minimum absolute atomic E-state index is 0.0270. The van der Waals surface area contributed by atoms with Gasteiger partial charge in [0.05, 0.1) is 31.2 Å². The number of nitrogens with zero attached hydrogens (tertiary/aromatic N) is 5. The SMILES string of the molecule is COc1nc(-c2cnc3n2CCN(C(C)=O)C3)ccc1NC(=O)c1c(-c2ccccc2)noc1C. The van der Waals surface area contributed by atoms with E-state index in [2.05, 4.69) is 20.4 Å². The van der Waals surface area contributed by atoms with Crippen molar-refractivity contribution in [2.75, 3.05) is 19.0 Å². The molecule has 35 heavy (non-hydrogen) atoms. The molecule has 0 saturated carbocycles. The minimum Gasteiger partial charge on any atom is -0.479 e. The molecule has 1 aliphatic heterocycles. The van der Waals surface area contributed by atoms with Crippen LogP contribution in [0.1, 0.15) is 28.9 Å². The normalized spacial score (nSPS) is 12.8. The number of anilines is 1. The molecule has 0 atom stereocenters. The molecular formula is C25H24N6O4. The molecule has 10 nitrogen and oxygen atoms in total. The summed E-state index contributed by atoms with van der Waals surface area (Å²) in [5, 5.41) is 6.95. The number of hydrogen-bond donors (Lipinski definition) is 1. The Labute approximate surface area is 201 Å². The molecule has 0 unspecified atom stereocenters. The average Bonchev–Trinajstić information content (AvgIpc) is 3.48. The predicted molar refractivity (Wildman–Crippen MR) is 128 cm³/mol. The van der Waals surface area contributed by atoms with Crippen molar-refractivity contribution in [1.82, 2.24) is 24.6 Å². The number of fused-ring (bicyclic) bond motifs is 1. The fourth-order valence-electron chi connectivity index (χ4n) is 4.18. The lowest BCUT2D eigenvalue weighted by Crippen LogP contribution is -2.37. The zero-order chi connectivity index (χ0) is 24.5. The Morgan fingerprint density at radius 3 is 2.66 bits per heavy atom. The molecule has 0 radical (unpaired) electrons. The third kappa shape index (κ3) is 4.14. The number of aryl methyl sites for hydroxylation is 1. The van der Waals surface area contributed by atoms with E-state index in [1.54, 1.807) is 37.1 Å². The number of imidazole rings is 1. The van der Waals surface area contributed by atoms with Crippen molar-refractivity contribution >= 4 is 17.5 Å². The Morgan fingerprint density at radius 2 is 1.91 bits per heavy atom. The van der Waals surface area contributed by atoms with E-state index < -0.39 is 0 Å². The standard InChI is InChI=1S/C25H24N6O4/c1-15-22(23(29-35-15)17-7-5-4-6-8-17)24(33)27-19-10-9-18(28-25(19)34-3)20-13-26-21-14-30(16(2)32)11-12-31(20)21/h4-10,13H,11-12,14H2,1-3H3,(H,27,33). The maximum Gasteiger partial charge on any atom is 0.261 e. The molecule has 0 saturated heterocycles. The quantitative estimate of drug-likeness (QED) is 0.472. The van der Waals surface area contributed by atoms with Gasteiger partial charge in [0.2, 0.25) is 11.8 Å². The number of pyridine rings is 1. The molecule has 1 N–H and O–H groups in total. The van der Waals surface area contributed by atoms with Gasteiger partial charge >= 0.3 is 0 Å². The van der Waals surface area contributed by atoms with Gasteiger partial charge in [0.15, 0.2) is 0 Å². The summed E-state index contributed by atoms with van der Waals surface area (Å²) in [5.41, 5.74) is 3.49. The summed E-state index contributed by atoms with van der Waals surface area (Å²) >= 11 is 0. The topological polar surface area (TPSA) is 115 Å². The number of rotatable bonds is 5. The molecule has 5 rings (SSSR count). The Morgan fingerprint density at radius 1 is 1.11 bits per heavy atom.